The number of carboxylic acid groups (broad SMARTS) is 1. The van der Waals surface area contributed by atoms with Gasteiger partial charge < -0.3 is 14.7 Å². The van der Waals surface area contributed by atoms with Gasteiger partial charge in [-0.3, -0.25) is 9.78 Å². The highest BCUT2D eigenvalue weighted by Gasteiger charge is 2.40. The number of likely N-dealkylation sites (tertiary alicyclic amines) is 1. The van der Waals surface area contributed by atoms with E-state index in [1.807, 2.05) is 30.0 Å². The van der Waals surface area contributed by atoms with Crippen LogP contribution in [0.5, 0.6) is 5.75 Å². The first-order valence-corrected chi connectivity index (χ1v) is 14.0. The molecule has 0 unspecified atom stereocenters. The number of nitrogens with zero attached hydrogens (tertiary/aromatic N) is 2. The van der Waals surface area contributed by atoms with Gasteiger partial charge in [0.1, 0.15) is 5.75 Å². The van der Waals surface area contributed by atoms with Crippen molar-refractivity contribution in [2.45, 2.75) is 50.3 Å². The molecule has 7 heteroatoms. The lowest BCUT2D eigenvalue weighted by atomic mass is 9.74. The summed E-state index contributed by atoms with van der Waals surface area (Å²) in [6.07, 6.45) is 6.35. The Morgan fingerprint density at radius 2 is 2.00 bits per heavy atom. The topological polar surface area (TPSA) is 62.7 Å². The molecule has 1 fully saturated rings. The van der Waals surface area contributed by atoms with Crippen molar-refractivity contribution in [3.8, 4) is 5.75 Å². The van der Waals surface area contributed by atoms with Crippen LogP contribution in [0.25, 0.3) is 10.9 Å². The standard InChI is InChI=1S/C29H35ClN2O3S/c1-21-6-3-7-23(18-21)36-17-5-14-32-15-12-29(13-16-32,28(33)34)11-4-8-24-25-19-22(35-2)9-10-27(25)31-20-26(24)30/h3,6-7,9-10,18-20H,4-5,8,11-17H2,1-2H3,(H,33,34). The molecule has 2 heterocycles. The van der Waals surface area contributed by atoms with E-state index < -0.39 is 11.4 Å². The molecule has 0 radical (unpaired) electrons. The number of aromatic nitrogens is 1. The number of ether oxygens (including phenoxy) is 1. The van der Waals surface area contributed by atoms with E-state index >= 15 is 0 Å². The fourth-order valence-electron chi connectivity index (χ4n) is 5.15. The molecule has 2 aromatic carbocycles. The monoisotopic (exact) mass is 526 g/mol. The highest BCUT2D eigenvalue weighted by Crippen LogP contribution is 2.38. The summed E-state index contributed by atoms with van der Waals surface area (Å²) in [4.78, 5) is 20.5. The van der Waals surface area contributed by atoms with Crippen molar-refractivity contribution in [3.63, 3.8) is 0 Å². The predicted molar refractivity (Wildman–Crippen MR) is 149 cm³/mol. The number of piperidine rings is 1. The Labute approximate surface area is 223 Å². The fraction of sp³-hybridized carbons (Fsp3) is 0.448. The number of aliphatic carboxylic acids is 1. The molecule has 0 atom stereocenters. The number of benzene rings is 2. The average molecular weight is 527 g/mol. The van der Waals surface area contributed by atoms with Gasteiger partial charge in [0.2, 0.25) is 0 Å². The summed E-state index contributed by atoms with van der Waals surface area (Å²) in [6, 6.07) is 14.4. The van der Waals surface area contributed by atoms with Crippen molar-refractivity contribution in [1.29, 1.82) is 0 Å². The summed E-state index contributed by atoms with van der Waals surface area (Å²) in [5.74, 6) is 1.18. The van der Waals surface area contributed by atoms with Gasteiger partial charge in [-0.05, 0) is 107 Å². The largest absolute Gasteiger partial charge is 0.497 e. The maximum atomic E-state index is 12.4. The zero-order valence-electron chi connectivity index (χ0n) is 21.1. The summed E-state index contributed by atoms with van der Waals surface area (Å²) >= 11 is 8.41. The molecule has 0 amide bonds. The molecule has 1 aliphatic rings. The van der Waals surface area contributed by atoms with Crippen LogP contribution in [0.1, 0.15) is 43.2 Å². The number of rotatable bonds is 11. The Bertz CT molecular complexity index is 1190. The molecule has 5 nitrogen and oxygen atoms in total. The van der Waals surface area contributed by atoms with Crippen molar-refractivity contribution in [2.24, 2.45) is 5.41 Å². The van der Waals surface area contributed by atoms with Crippen molar-refractivity contribution >= 4 is 40.2 Å². The number of hydrogen-bond donors (Lipinski definition) is 1. The third kappa shape index (κ3) is 6.53. The molecular formula is C29H35ClN2O3S. The SMILES string of the molecule is COc1ccc2ncc(Cl)c(CCCC3(C(=O)O)CCN(CCCSc4cccc(C)c4)CC3)c2c1. The quantitative estimate of drug-likeness (QED) is 0.217. The normalized spacial score (nSPS) is 15.8. The summed E-state index contributed by atoms with van der Waals surface area (Å²) in [7, 11) is 1.64. The molecule has 4 rings (SSSR count). The van der Waals surface area contributed by atoms with Crippen LogP contribution in [0.4, 0.5) is 0 Å². The van der Waals surface area contributed by atoms with Crippen LogP contribution >= 0.6 is 23.4 Å². The van der Waals surface area contributed by atoms with Crippen LogP contribution in [-0.2, 0) is 11.2 Å². The lowest BCUT2D eigenvalue weighted by molar-refractivity contribution is -0.152. The molecule has 0 bridgehead atoms. The lowest BCUT2D eigenvalue weighted by Gasteiger charge is -2.39. The Morgan fingerprint density at radius 1 is 1.19 bits per heavy atom. The Balaban J connectivity index is 1.29. The molecular weight excluding hydrogens is 492 g/mol. The van der Waals surface area contributed by atoms with Crippen LogP contribution in [0.3, 0.4) is 0 Å². The van der Waals surface area contributed by atoms with Crippen molar-refractivity contribution in [3.05, 3.63) is 64.8 Å². The second-order valence-corrected chi connectivity index (χ2v) is 11.3. The van der Waals surface area contributed by atoms with Gasteiger partial charge in [0, 0.05) is 16.5 Å². The molecule has 192 valence electrons. The highest BCUT2D eigenvalue weighted by molar-refractivity contribution is 7.99. The van der Waals surface area contributed by atoms with Gasteiger partial charge in [0.05, 0.1) is 23.1 Å². The number of carbonyl (C=O) groups is 1. The number of hydrogen-bond acceptors (Lipinski definition) is 5. The van der Waals surface area contributed by atoms with Crippen LogP contribution in [-0.4, -0.2) is 53.5 Å². The van der Waals surface area contributed by atoms with E-state index in [1.165, 1.54) is 10.5 Å². The highest BCUT2D eigenvalue weighted by atomic mass is 35.5. The molecule has 3 aromatic rings. The van der Waals surface area contributed by atoms with Gasteiger partial charge in [-0.25, -0.2) is 0 Å². The molecule has 36 heavy (non-hydrogen) atoms. The number of fused-ring (bicyclic) bond motifs is 1. The third-order valence-electron chi connectivity index (χ3n) is 7.36. The minimum absolute atomic E-state index is 0.624. The number of thioether (sulfide) groups is 1. The molecule has 1 N–H and O–H groups in total. The second kappa shape index (κ2) is 12.3. The number of aryl methyl sites for hydroxylation is 2. The van der Waals surface area contributed by atoms with E-state index in [0.29, 0.717) is 24.3 Å². The van der Waals surface area contributed by atoms with Crippen LogP contribution < -0.4 is 4.74 Å². The molecule has 0 saturated carbocycles. The smallest absolute Gasteiger partial charge is 0.309 e. The maximum Gasteiger partial charge on any atom is 0.309 e. The van der Waals surface area contributed by atoms with Crippen molar-refractivity contribution < 1.29 is 14.6 Å². The Morgan fingerprint density at radius 3 is 2.72 bits per heavy atom. The van der Waals surface area contributed by atoms with E-state index in [4.69, 9.17) is 16.3 Å². The van der Waals surface area contributed by atoms with Gasteiger partial charge in [0.25, 0.3) is 0 Å². The average Bonchev–Trinajstić information content (AvgIpc) is 2.88. The minimum Gasteiger partial charge on any atom is -0.497 e. The number of pyridine rings is 1. The zero-order valence-corrected chi connectivity index (χ0v) is 22.7. The summed E-state index contributed by atoms with van der Waals surface area (Å²) in [5.41, 5.74) is 2.53. The van der Waals surface area contributed by atoms with E-state index in [9.17, 15) is 9.90 Å². The van der Waals surface area contributed by atoms with Crippen molar-refractivity contribution in [1.82, 2.24) is 9.88 Å². The summed E-state index contributed by atoms with van der Waals surface area (Å²) in [6.45, 7) is 4.83. The van der Waals surface area contributed by atoms with Gasteiger partial charge in [0.15, 0.2) is 0 Å². The van der Waals surface area contributed by atoms with Gasteiger partial charge in [-0.1, -0.05) is 29.3 Å². The summed E-state index contributed by atoms with van der Waals surface area (Å²) < 4.78 is 5.38. The van der Waals surface area contributed by atoms with Crippen LogP contribution in [0.15, 0.2) is 53.6 Å². The van der Waals surface area contributed by atoms with Gasteiger partial charge in [-0.2, -0.15) is 0 Å². The van der Waals surface area contributed by atoms with Crippen LogP contribution in [0.2, 0.25) is 5.02 Å². The van der Waals surface area contributed by atoms with Crippen molar-refractivity contribution in [2.75, 3.05) is 32.5 Å². The molecule has 0 aliphatic carbocycles. The van der Waals surface area contributed by atoms with Gasteiger partial charge in [-0.15, -0.1) is 11.8 Å². The Hall–Kier alpha value is -2.28. The Kier molecular flexibility index (Phi) is 9.15. The minimum atomic E-state index is -0.662. The van der Waals surface area contributed by atoms with E-state index in [0.717, 1.165) is 66.9 Å². The first-order chi connectivity index (χ1) is 17.4. The van der Waals surface area contributed by atoms with E-state index in [1.54, 1.807) is 13.3 Å². The summed E-state index contributed by atoms with van der Waals surface area (Å²) in [5, 5.41) is 11.8. The second-order valence-electron chi connectivity index (χ2n) is 9.77. The van der Waals surface area contributed by atoms with Crippen LogP contribution in [0, 0.1) is 12.3 Å². The molecule has 1 aromatic heterocycles. The first-order valence-electron chi connectivity index (χ1n) is 12.7. The fourth-order valence-corrected chi connectivity index (χ4v) is 6.34. The zero-order chi connectivity index (χ0) is 25.5. The number of carboxylic acids is 1. The van der Waals surface area contributed by atoms with Gasteiger partial charge >= 0.3 is 5.97 Å². The maximum absolute atomic E-state index is 12.4. The third-order valence-corrected chi connectivity index (χ3v) is 8.77. The number of methoxy groups -OCH3 is 1. The number of halogens is 1. The molecule has 1 aliphatic heterocycles. The van der Waals surface area contributed by atoms with E-state index in [-0.39, 0.29) is 0 Å². The molecule has 1 saturated heterocycles. The predicted octanol–water partition coefficient (Wildman–Crippen LogP) is 6.88. The lowest BCUT2D eigenvalue weighted by Crippen LogP contribution is -2.44. The van der Waals surface area contributed by atoms with E-state index in [2.05, 4.69) is 41.1 Å². The first kappa shape index (κ1) is 26.8. The molecule has 0 spiro atoms.